The molecule has 0 aliphatic heterocycles. The molecule has 3 nitrogen and oxygen atoms in total. The van der Waals surface area contributed by atoms with Crippen molar-refractivity contribution in [3.63, 3.8) is 0 Å². The molecule has 0 unspecified atom stereocenters. The number of anilines is 1. The lowest BCUT2D eigenvalue weighted by atomic mass is 10.00. The highest BCUT2D eigenvalue weighted by molar-refractivity contribution is 5.89. The molecule has 0 spiro atoms. The monoisotopic (exact) mass is 187 g/mol. The Kier molecular flexibility index (Phi) is 2.08. The second-order valence-corrected chi connectivity index (χ2v) is 3.65. The summed E-state index contributed by atoms with van der Waals surface area (Å²) in [7, 11) is 0. The molecule has 0 aliphatic carbocycles. The van der Waals surface area contributed by atoms with Gasteiger partial charge in [-0.1, -0.05) is 13.8 Å². The summed E-state index contributed by atoms with van der Waals surface area (Å²) in [6.45, 7) is 4.32. The third kappa shape index (κ3) is 1.31. The number of fused-ring (bicyclic) bond motifs is 1. The molecule has 0 aliphatic rings. The molecule has 2 rings (SSSR count). The number of hydrogen-bond donors (Lipinski definition) is 1. The summed E-state index contributed by atoms with van der Waals surface area (Å²) in [5.74, 6) is 0.979. The SMILES string of the molecule is CC(C)c1ccnc2c(N)nccc12. The minimum atomic E-state index is 0.474. The van der Waals surface area contributed by atoms with Crippen molar-refractivity contribution in [1.29, 1.82) is 0 Å². The lowest BCUT2D eigenvalue weighted by Gasteiger charge is -2.09. The van der Waals surface area contributed by atoms with Crippen LogP contribution in [-0.2, 0) is 0 Å². The van der Waals surface area contributed by atoms with E-state index in [9.17, 15) is 0 Å². The van der Waals surface area contributed by atoms with Crippen molar-refractivity contribution in [2.75, 3.05) is 5.73 Å². The molecule has 0 radical (unpaired) electrons. The lowest BCUT2D eigenvalue weighted by molar-refractivity contribution is 0.874. The van der Waals surface area contributed by atoms with Gasteiger partial charge in [0.05, 0.1) is 0 Å². The number of nitrogen functional groups attached to an aromatic ring is 1. The van der Waals surface area contributed by atoms with Gasteiger partial charge in [0.2, 0.25) is 0 Å². The Hall–Kier alpha value is -1.64. The molecule has 0 saturated carbocycles. The van der Waals surface area contributed by atoms with Crippen molar-refractivity contribution in [3.8, 4) is 0 Å². The third-order valence-electron chi connectivity index (χ3n) is 2.34. The van der Waals surface area contributed by atoms with Crippen molar-refractivity contribution in [1.82, 2.24) is 9.97 Å². The van der Waals surface area contributed by atoms with Crippen LogP contribution in [0.5, 0.6) is 0 Å². The normalized spacial score (nSPS) is 11.1. The number of rotatable bonds is 1. The largest absolute Gasteiger partial charge is 0.382 e. The molecule has 0 fully saturated rings. The Morgan fingerprint density at radius 2 is 1.86 bits per heavy atom. The first kappa shape index (κ1) is 8.94. The van der Waals surface area contributed by atoms with Gasteiger partial charge in [-0.25, -0.2) is 4.98 Å². The number of nitrogens with two attached hydrogens (primary N) is 1. The first-order valence-electron chi connectivity index (χ1n) is 4.69. The van der Waals surface area contributed by atoms with Crippen LogP contribution in [0.25, 0.3) is 10.9 Å². The number of pyridine rings is 2. The minimum Gasteiger partial charge on any atom is -0.382 e. The van der Waals surface area contributed by atoms with Crippen molar-refractivity contribution in [3.05, 3.63) is 30.1 Å². The van der Waals surface area contributed by atoms with Crippen LogP contribution in [0.15, 0.2) is 24.5 Å². The van der Waals surface area contributed by atoms with Gasteiger partial charge in [-0.05, 0) is 23.6 Å². The molecule has 0 bridgehead atoms. The first-order valence-corrected chi connectivity index (χ1v) is 4.69. The average Bonchev–Trinajstić information content (AvgIpc) is 2.17. The summed E-state index contributed by atoms with van der Waals surface area (Å²) in [5.41, 5.74) is 7.82. The van der Waals surface area contributed by atoms with E-state index in [1.54, 1.807) is 12.4 Å². The first-order chi connectivity index (χ1) is 6.70. The molecule has 0 atom stereocenters. The molecule has 2 N–H and O–H groups in total. The second kappa shape index (κ2) is 3.25. The highest BCUT2D eigenvalue weighted by Crippen LogP contribution is 2.25. The van der Waals surface area contributed by atoms with Gasteiger partial charge in [-0.2, -0.15) is 0 Å². The highest BCUT2D eigenvalue weighted by Gasteiger charge is 2.07. The zero-order valence-electron chi connectivity index (χ0n) is 8.36. The molecule has 2 aromatic rings. The van der Waals surface area contributed by atoms with Crippen molar-refractivity contribution in [2.24, 2.45) is 0 Å². The maximum Gasteiger partial charge on any atom is 0.149 e. The van der Waals surface area contributed by atoms with Crippen LogP contribution in [0.2, 0.25) is 0 Å². The molecule has 72 valence electrons. The fourth-order valence-corrected chi connectivity index (χ4v) is 1.62. The Morgan fingerprint density at radius 3 is 2.57 bits per heavy atom. The summed E-state index contributed by atoms with van der Waals surface area (Å²) in [5, 5.41) is 1.11. The van der Waals surface area contributed by atoms with E-state index in [1.165, 1.54) is 5.56 Å². The van der Waals surface area contributed by atoms with E-state index in [2.05, 4.69) is 23.8 Å². The Morgan fingerprint density at radius 1 is 1.14 bits per heavy atom. The number of aromatic nitrogens is 2. The molecular formula is C11H13N3. The molecule has 0 amide bonds. The van der Waals surface area contributed by atoms with Crippen molar-refractivity contribution in [2.45, 2.75) is 19.8 Å². The topological polar surface area (TPSA) is 51.8 Å². The van der Waals surface area contributed by atoms with Gasteiger partial charge >= 0.3 is 0 Å². The van der Waals surface area contributed by atoms with E-state index < -0.39 is 0 Å². The molecular weight excluding hydrogens is 174 g/mol. The maximum atomic E-state index is 5.75. The Bertz CT molecular complexity index is 463. The average molecular weight is 187 g/mol. The van der Waals surface area contributed by atoms with Crippen LogP contribution in [0.1, 0.15) is 25.3 Å². The van der Waals surface area contributed by atoms with Gasteiger partial charge in [0.15, 0.2) is 0 Å². The van der Waals surface area contributed by atoms with E-state index in [-0.39, 0.29) is 0 Å². The third-order valence-corrected chi connectivity index (χ3v) is 2.34. The van der Waals surface area contributed by atoms with E-state index in [0.717, 1.165) is 10.9 Å². The predicted molar refractivity (Wildman–Crippen MR) is 58.0 cm³/mol. The fraction of sp³-hybridized carbons (Fsp3) is 0.273. The number of nitrogens with zero attached hydrogens (tertiary/aromatic N) is 2. The molecule has 2 aromatic heterocycles. The molecule has 14 heavy (non-hydrogen) atoms. The van der Waals surface area contributed by atoms with Crippen molar-refractivity contribution >= 4 is 16.7 Å². The Labute approximate surface area is 83.0 Å². The number of hydrogen-bond acceptors (Lipinski definition) is 3. The van der Waals surface area contributed by atoms with E-state index in [4.69, 9.17) is 5.73 Å². The second-order valence-electron chi connectivity index (χ2n) is 3.65. The lowest BCUT2D eigenvalue weighted by Crippen LogP contribution is -1.96. The van der Waals surface area contributed by atoms with Gasteiger partial charge < -0.3 is 5.73 Å². The molecule has 0 aromatic carbocycles. The molecule has 0 saturated heterocycles. The maximum absolute atomic E-state index is 5.75. The zero-order valence-corrected chi connectivity index (χ0v) is 8.36. The highest BCUT2D eigenvalue weighted by atomic mass is 14.9. The zero-order chi connectivity index (χ0) is 10.1. The van der Waals surface area contributed by atoms with Crippen LogP contribution in [-0.4, -0.2) is 9.97 Å². The van der Waals surface area contributed by atoms with Crippen LogP contribution >= 0.6 is 0 Å². The van der Waals surface area contributed by atoms with Gasteiger partial charge in [0, 0.05) is 17.8 Å². The predicted octanol–water partition coefficient (Wildman–Crippen LogP) is 2.34. The van der Waals surface area contributed by atoms with Crippen molar-refractivity contribution < 1.29 is 0 Å². The smallest absolute Gasteiger partial charge is 0.149 e. The quantitative estimate of drug-likeness (QED) is 0.745. The van der Waals surface area contributed by atoms with Gasteiger partial charge in [-0.15, -0.1) is 0 Å². The van der Waals surface area contributed by atoms with Crippen LogP contribution in [0, 0.1) is 0 Å². The fourth-order valence-electron chi connectivity index (χ4n) is 1.62. The van der Waals surface area contributed by atoms with E-state index in [1.807, 2.05) is 12.1 Å². The van der Waals surface area contributed by atoms with E-state index in [0.29, 0.717) is 11.7 Å². The summed E-state index contributed by atoms with van der Waals surface area (Å²) < 4.78 is 0. The van der Waals surface area contributed by atoms with Crippen LogP contribution in [0.4, 0.5) is 5.82 Å². The minimum absolute atomic E-state index is 0.474. The van der Waals surface area contributed by atoms with Gasteiger partial charge in [-0.3, -0.25) is 4.98 Å². The molecule has 2 heterocycles. The van der Waals surface area contributed by atoms with Crippen LogP contribution in [0.3, 0.4) is 0 Å². The summed E-state index contributed by atoms with van der Waals surface area (Å²) in [6, 6.07) is 4.00. The van der Waals surface area contributed by atoms with Gasteiger partial charge in [0.25, 0.3) is 0 Å². The van der Waals surface area contributed by atoms with E-state index >= 15 is 0 Å². The van der Waals surface area contributed by atoms with Gasteiger partial charge in [0.1, 0.15) is 11.3 Å². The summed E-state index contributed by atoms with van der Waals surface area (Å²) >= 11 is 0. The van der Waals surface area contributed by atoms with Crippen LogP contribution < -0.4 is 5.73 Å². The summed E-state index contributed by atoms with van der Waals surface area (Å²) in [6.07, 6.45) is 3.51. The standard InChI is InChI=1S/C11H13N3/c1-7(2)8-3-5-13-10-9(8)4-6-14-11(10)12/h3-7H,1-2H3,(H2,12,14). The molecule has 3 heteroatoms. The Balaban J connectivity index is 2.81. The summed E-state index contributed by atoms with van der Waals surface area (Å²) in [4.78, 5) is 8.26.